The Bertz CT molecular complexity index is 707. The van der Waals surface area contributed by atoms with Crippen molar-refractivity contribution < 1.29 is 14.3 Å². The Balaban J connectivity index is 2.00. The summed E-state index contributed by atoms with van der Waals surface area (Å²) in [6.45, 7) is 2.44. The molecule has 0 aliphatic carbocycles. The van der Waals surface area contributed by atoms with Crippen molar-refractivity contribution in [3.05, 3.63) is 71.3 Å². The van der Waals surface area contributed by atoms with Crippen molar-refractivity contribution in [1.29, 1.82) is 0 Å². The predicted octanol–water partition coefficient (Wildman–Crippen LogP) is 3.67. The molecule has 2 aromatic rings. The van der Waals surface area contributed by atoms with Crippen molar-refractivity contribution in [2.45, 2.75) is 6.54 Å². The molecule has 0 aliphatic rings. The van der Waals surface area contributed by atoms with Crippen molar-refractivity contribution in [3.8, 4) is 5.75 Å². The van der Waals surface area contributed by atoms with Crippen molar-refractivity contribution in [2.24, 2.45) is 0 Å². The van der Waals surface area contributed by atoms with Crippen LogP contribution in [-0.2, 0) is 11.3 Å². The van der Waals surface area contributed by atoms with E-state index < -0.39 is 0 Å². The van der Waals surface area contributed by atoms with Crippen molar-refractivity contribution in [1.82, 2.24) is 4.90 Å². The molecule has 4 nitrogen and oxygen atoms in total. The number of ketones is 1. The second-order valence-electron chi connectivity index (χ2n) is 5.90. The third kappa shape index (κ3) is 6.18. The third-order valence-corrected chi connectivity index (χ3v) is 3.88. The second-order valence-corrected chi connectivity index (χ2v) is 5.90. The summed E-state index contributed by atoms with van der Waals surface area (Å²) in [5.41, 5.74) is 2.87. The Kier molecular flexibility index (Phi) is 7.38. The molecule has 0 saturated heterocycles. The molecule has 0 saturated carbocycles. The molecule has 0 spiro atoms. The summed E-state index contributed by atoms with van der Waals surface area (Å²) in [5.74, 6) is 0.719. The first-order valence-corrected chi connectivity index (χ1v) is 8.25. The number of likely N-dealkylation sites (N-methyl/N-ethyl adjacent to an activating group) is 1. The van der Waals surface area contributed by atoms with Crippen LogP contribution in [0.15, 0.2) is 54.6 Å². The Morgan fingerprint density at radius 3 is 2.56 bits per heavy atom. The van der Waals surface area contributed by atoms with E-state index in [1.54, 1.807) is 44.6 Å². The Labute approximate surface area is 149 Å². The number of nitrogens with zero attached hydrogens (tertiary/aromatic N) is 1. The number of carbonyl (C=O) groups is 1. The third-order valence-electron chi connectivity index (χ3n) is 3.88. The van der Waals surface area contributed by atoms with Crippen LogP contribution in [0.1, 0.15) is 21.5 Å². The zero-order valence-corrected chi connectivity index (χ0v) is 15.1. The summed E-state index contributed by atoms with van der Waals surface area (Å²) in [6, 6.07) is 15.3. The first-order chi connectivity index (χ1) is 12.1. The minimum atomic E-state index is -0.0229. The van der Waals surface area contributed by atoms with Gasteiger partial charge in [-0.25, -0.2) is 0 Å². The monoisotopic (exact) mass is 339 g/mol. The van der Waals surface area contributed by atoms with Gasteiger partial charge in [0.1, 0.15) is 5.75 Å². The van der Waals surface area contributed by atoms with Gasteiger partial charge >= 0.3 is 0 Å². The van der Waals surface area contributed by atoms with Gasteiger partial charge in [-0.1, -0.05) is 30.3 Å². The van der Waals surface area contributed by atoms with Gasteiger partial charge in [0.15, 0.2) is 5.78 Å². The lowest BCUT2D eigenvalue weighted by Crippen LogP contribution is -2.22. The summed E-state index contributed by atoms with van der Waals surface area (Å²) < 4.78 is 10.2. The molecule has 25 heavy (non-hydrogen) atoms. The molecule has 0 amide bonds. The average Bonchev–Trinajstić information content (AvgIpc) is 2.65. The van der Waals surface area contributed by atoms with E-state index in [0.717, 1.165) is 24.4 Å². The highest BCUT2D eigenvalue weighted by Crippen LogP contribution is 2.13. The molecular formula is C21H25NO3. The lowest BCUT2D eigenvalue weighted by Gasteiger charge is -2.16. The summed E-state index contributed by atoms with van der Waals surface area (Å²) in [4.78, 5) is 14.5. The quantitative estimate of drug-likeness (QED) is 0.516. The van der Waals surface area contributed by atoms with Crippen molar-refractivity contribution in [3.63, 3.8) is 0 Å². The van der Waals surface area contributed by atoms with Crippen LogP contribution in [0.4, 0.5) is 0 Å². The molecule has 0 unspecified atom stereocenters. The lowest BCUT2D eigenvalue weighted by atomic mass is 10.1. The molecule has 0 aliphatic heterocycles. The summed E-state index contributed by atoms with van der Waals surface area (Å²) in [6.07, 6.45) is 3.46. The van der Waals surface area contributed by atoms with E-state index in [0.29, 0.717) is 12.2 Å². The molecule has 4 heteroatoms. The van der Waals surface area contributed by atoms with Crippen LogP contribution in [0.2, 0.25) is 0 Å². The number of rotatable bonds is 9. The van der Waals surface area contributed by atoms with Crippen LogP contribution in [0.3, 0.4) is 0 Å². The maximum atomic E-state index is 12.2. The van der Waals surface area contributed by atoms with Crippen LogP contribution in [0.25, 0.3) is 6.08 Å². The zero-order chi connectivity index (χ0) is 18.1. The van der Waals surface area contributed by atoms with Crippen LogP contribution < -0.4 is 4.74 Å². The van der Waals surface area contributed by atoms with E-state index in [9.17, 15) is 4.79 Å². The van der Waals surface area contributed by atoms with E-state index in [2.05, 4.69) is 24.1 Å². The first kappa shape index (κ1) is 18.9. The number of methoxy groups -OCH3 is 2. The maximum Gasteiger partial charge on any atom is 0.185 e. The number of benzene rings is 2. The molecule has 0 bridgehead atoms. The molecule has 0 atom stereocenters. The fraction of sp³-hybridized carbons (Fsp3) is 0.286. The van der Waals surface area contributed by atoms with Gasteiger partial charge < -0.3 is 9.47 Å². The van der Waals surface area contributed by atoms with Gasteiger partial charge in [0, 0.05) is 25.8 Å². The number of hydrogen-bond acceptors (Lipinski definition) is 4. The Morgan fingerprint density at radius 1 is 1.12 bits per heavy atom. The standard InChI is InChI=1S/C21H25NO3/c1-22(13-14-24-2)16-18-6-4-5-17(15-18)7-12-21(23)19-8-10-20(25-3)11-9-19/h4-12,15H,13-14,16H2,1-3H3. The minimum Gasteiger partial charge on any atom is -0.497 e. The van der Waals surface area contributed by atoms with Gasteiger partial charge in [0.2, 0.25) is 0 Å². The van der Waals surface area contributed by atoms with Crippen LogP contribution in [0.5, 0.6) is 5.75 Å². The smallest absolute Gasteiger partial charge is 0.185 e. The minimum absolute atomic E-state index is 0.0229. The van der Waals surface area contributed by atoms with Gasteiger partial charge in [0.05, 0.1) is 13.7 Å². The number of ether oxygens (including phenoxy) is 2. The molecule has 0 aromatic heterocycles. The van der Waals surface area contributed by atoms with Gasteiger partial charge in [-0.05, 0) is 48.5 Å². The Morgan fingerprint density at radius 2 is 1.88 bits per heavy atom. The predicted molar refractivity (Wildman–Crippen MR) is 101 cm³/mol. The van der Waals surface area contributed by atoms with Crippen molar-refractivity contribution in [2.75, 3.05) is 34.4 Å². The second kappa shape index (κ2) is 9.77. The van der Waals surface area contributed by atoms with E-state index in [-0.39, 0.29) is 5.78 Å². The Hall–Kier alpha value is -2.43. The van der Waals surface area contributed by atoms with Crippen LogP contribution >= 0.6 is 0 Å². The molecule has 0 heterocycles. The van der Waals surface area contributed by atoms with Crippen LogP contribution in [-0.4, -0.2) is 45.1 Å². The average molecular weight is 339 g/mol. The molecule has 132 valence electrons. The van der Waals surface area contributed by atoms with E-state index in [4.69, 9.17) is 9.47 Å². The highest BCUT2D eigenvalue weighted by Gasteiger charge is 2.03. The van der Waals surface area contributed by atoms with Gasteiger partial charge in [-0.2, -0.15) is 0 Å². The molecule has 0 radical (unpaired) electrons. The summed E-state index contributed by atoms with van der Waals surface area (Å²) in [7, 11) is 5.38. The number of allylic oxidation sites excluding steroid dienone is 1. The SMILES string of the molecule is COCCN(C)Cc1cccc(C=CC(=O)c2ccc(OC)cc2)c1. The van der Waals surface area contributed by atoms with E-state index in [1.807, 2.05) is 18.2 Å². The molecule has 2 aromatic carbocycles. The van der Waals surface area contributed by atoms with E-state index >= 15 is 0 Å². The van der Waals surface area contributed by atoms with E-state index in [1.165, 1.54) is 5.56 Å². The van der Waals surface area contributed by atoms with Crippen molar-refractivity contribution >= 4 is 11.9 Å². The number of carbonyl (C=O) groups excluding carboxylic acids is 1. The molecule has 2 rings (SSSR count). The molecule has 0 N–H and O–H groups in total. The summed E-state index contributed by atoms with van der Waals surface area (Å²) in [5, 5.41) is 0. The largest absolute Gasteiger partial charge is 0.497 e. The fourth-order valence-corrected chi connectivity index (χ4v) is 2.46. The zero-order valence-electron chi connectivity index (χ0n) is 15.1. The van der Waals surface area contributed by atoms with Gasteiger partial charge in [-0.3, -0.25) is 9.69 Å². The lowest BCUT2D eigenvalue weighted by molar-refractivity contribution is 0.104. The highest BCUT2D eigenvalue weighted by atomic mass is 16.5. The summed E-state index contributed by atoms with van der Waals surface area (Å²) >= 11 is 0. The highest BCUT2D eigenvalue weighted by molar-refractivity contribution is 6.06. The van der Waals surface area contributed by atoms with Gasteiger partial charge in [-0.15, -0.1) is 0 Å². The fourth-order valence-electron chi connectivity index (χ4n) is 2.46. The molecular weight excluding hydrogens is 314 g/mol. The molecule has 0 fully saturated rings. The first-order valence-electron chi connectivity index (χ1n) is 8.25. The topological polar surface area (TPSA) is 38.8 Å². The number of hydrogen-bond donors (Lipinski definition) is 0. The van der Waals surface area contributed by atoms with Gasteiger partial charge in [0.25, 0.3) is 0 Å². The van der Waals surface area contributed by atoms with Crippen LogP contribution in [0, 0.1) is 0 Å². The maximum absolute atomic E-state index is 12.2. The normalized spacial score (nSPS) is 11.2.